The Morgan fingerprint density at radius 3 is 1.83 bits per heavy atom. The van der Waals surface area contributed by atoms with Crippen molar-refractivity contribution in [2.24, 2.45) is 0 Å². The molecule has 3 aromatic heterocycles. The number of rotatable bonds is 6. The highest BCUT2D eigenvalue weighted by molar-refractivity contribution is 6.12. The van der Waals surface area contributed by atoms with Crippen molar-refractivity contribution in [1.29, 1.82) is 0 Å². The summed E-state index contributed by atoms with van der Waals surface area (Å²) in [4.78, 5) is 15.4. The maximum Gasteiger partial charge on any atom is 0.164 e. The van der Waals surface area contributed by atoms with Crippen molar-refractivity contribution in [2.75, 3.05) is 0 Å². The molecule has 9 aromatic carbocycles. The lowest BCUT2D eigenvalue weighted by molar-refractivity contribution is 0.669. The molecule has 0 radical (unpaired) electrons. The van der Waals surface area contributed by atoms with Crippen LogP contribution in [0.5, 0.6) is 0 Å². The summed E-state index contributed by atoms with van der Waals surface area (Å²) in [6.45, 7) is 0. The molecule has 5 nitrogen and oxygen atoms in total. The van der Waals surface area contributed by atoms with Gasteiger partial charge in [-0.1, -0.05) is 164 Å². The first-order chi connectivity index (χ1) is 29.7. The Bertz CT molecular complexity index is 3610. The predicted molar refractivity (Wildman–Crippen MR) is 246 cm³/mol. The third kappa shape index (κ3) is 5.59. The largest absolute Gasteiger partial charge is 0.456 e. The number of hydrogen-bond acceptors (Lipinski definition) is 4. The highest BCUT2D eigenvalue weighted by Gasteiger charge is 2.19. The van der Waals surface area contributed by atoms with E-state index in [-0.39, 0.29) is 0 Å². The zero-order chi connectivity index (χ0) is 39.6. The van der Waals surface area contributed by atoms with Crippen LogP contribution in [0, 0.1) is 0 Å². The van der Waals surface area contributed by atoms with Gasteiger partial charge in [0.05, 0.1) is 11.0 Å². The summed E-state index contributed by atoms with van der Waals surface area (Å²) in [6, 6.07) is 72.4. The van der Waals surface area contributed by atoms with Crippen molar-refractivity contribution in [3.8, 4) is 62.1 Å². The number of fused-ring (bicyclic) bond motifs is 7. The molecule has 0 amide bonds. The summed E-state index contributed by atoms with van der Waals surface area (Å²) >= 11 is 0. The number of nitrogens with zero attached hydrogens (tertiary/aromatic N) is 4. The Morgan fingerprint density at radius 1 is 0.333 bits per heavy atom. The molecular weight excluding hydrogens is 733 g/mol. The van der Waals surface area contributed by atoms with Crippen LogP contribution in [0.1, 0.15) is 0 Å². The van der Waals surface area contributed by atoms with E-state index in [0.717, 1.165) is 55.4 Å². The summed E-state index contributed by atoms with van der Waals surface area (Å²) in [5.74, 6) is 1.81. The van der Waals surface area contributed by atoms with Crippen LogP contribution in [-0.2, 0) is 0 Å². The fourth-order valence-electron chi connectivity index (χ4n) is 8.86. The van der Waals surface area contributed by atoms with E-state index in [2.05, 4.69) is 150 Å². The van der Waals surface area contributed by atoms with Crippen molar-refractivity contribution in [3.63, 3.8) is 0 Å². The van der Waals surface area contributed by atoms with Gasteiger partial charge in [0.25, 0.3) is 0 Å². The van der Waals surface area contributed by atoms with Gasteiger partial charge in [0.15, 0.2) is 17.5 Å². The average molecular weight is 767 g/mol. The molecule has 0 aliphatic carbocycles. The molecule has 5 heteroatoms. The Kier molecular flexibility index (Phi) is 7.78. The van der Waals surface area contributed by atoms with E-state index in [1.807, 2.05) is 60.7 Å². The summed E-state index contributed by atoms with van der Waals surface area (Å²) < 4.78 is 8.66. The lowest BCUT2D eigenvalue weighted by Crippen LogP contribution is -2.00. The van der Waals surface area contributed by atoms with E-state index in [0.29, 0.717) is 17.5 Å². The Hall–Kier alpha value is -8.15. The van der Waals surface area contributed by atoms with Crippen LogP contribution in [0.25, 0.3) is 117 Å². The number of hydrogen-bond donors (Lipinski definition) is 0. The molecular formula is C55H34N4O. The summed E-state index contributed by atoms with van der Waals surface area (Å²) in [5.41, 5.74) is 12.4. The third-order valence-corrected chi connectivity index (χ3v) is 11.6. The number of para-hydroxylation sites is 2. The molecule has 0 fully saturated rings. The minimum absolute atomic E-state index is 0.595. The van der Waals surface area contributed by atoms with Crippen molar-refractivity contribution in [3.05, 3.63) is 206 Å². The van der Waals surface area contributed by atoms with Crippen molar-refractivity contribution < 1.29 is 4.42 Å². The zero-order valence-electron chi connectivity index (χ0n) is 32.3. The minimum Gasteiger partial charge on any atom is -0.456 e. The van der Waals surface area contributed by atoms with Crippen molar-refractivity contribution in [2.45, 2.75) is 0 Å². The monoisotopic (exact) mass is 766 g/mol. The van der Waals surface area contributed by atoms with Crippen LogP contribution in [-0.4, -0.2) is 19.5 Å². The number of furan rings is 1. The van der Waals surface area contributed by atoms with Crippen LogP contribution < -0.4 is 0 Å². The van der Waals surface area contributed by atoms with Gasteiger partial charge < -0.3 is 8.98 Å². The molecule has 0 spiro atoms. The minimum atomic E-state index is 0.595. The number of benzene rings is 9. The first-order valence-electron chi connectivity index (χ1n) is 20.2. The van der Waals surface area contributed by atoms with Crippen LogP contribution in [0.2, 0.25) is 0 Å². The van der Waals surface area contributed by atoms with Gasteiger partial charge in [-0.2, -0.15) is 0 Å². The van der Waals surface area contributed by atoms with E-state index >= 15 is 0 Å². The molecule has 60 heavy (non-hydrogen) atoms. The predicted octanol–water partition coefficient (Wildman–Crippen LogP) is 14.4. The fraction of sp³-hybridized carbons (Fsp3) is 0. The molecule has 0 N–H and O–H groups in total. The van der Waals surface area contributed by atoms with Gasteiger partial charge in [-0.15, -0.1) is 0 Å². The Morgan fingerprint density at radius 2 is 0.933 bits per heavy atom. The SMILES string of the molecule is c1ccc(-c2nc(-c3cccc(-c4cccc(-n5c6ccccc6c6ccc(-c7cccc8ccccc78)cc65)c4)c3)nc(-c3cccc4oc5ccccc5c34)n2)cc1. The van der Waals surface area contributed by atoms with Gasteiger partial charge in [0, 0.05) is 43.9 Å². The van der Waals surface area contributed by atoms with E-state index in [1.54, 1.807) is 0 Å². The molecule has 0 saturated heterocycles. The van der Waals surface area contributed by atoms with E-state index in [4.69, 9.17) is 19.4 Å². The van der Waals surface area contributed by atoms with Gasteiger partial charge in [-0.3, -0.25) is 0 Å². The van der Waals surface area contributed by atoms with Crippen LogP contribution >= 0.6 is 0 Å². The zero-order valence-corrected chi connectivity index (χ0v) is 32.3. The average Bonchev–Trinajstić information content (AvgIpc) is 3.87. The van der Waals surface area contributed by atoms with Crippen molar-refractivity contribution in [1.82, 2.24) is 19.5 Å². The molecule has 0 bridgehead atoms. The first-order valence-corrected chi connectivity index (χ1v) is 20.2. The first kappa shape index (κ1) is 33.9. The summed E-state index contributed by atoms with van der Waals surface area (Å²) in [7, 11) is 0. The van der Waals surface area contributed by atoms with Crippen LogP contribution in [0.3, 0.4) is 0 Å². The van der Waals surface area contributed by atoms with Crippen molar-refractivity contribution >= 4 is 54.5 Å². The maximum absolute atomic E-state index is 6.26. The lowest BCUT2D eigenvalue weighted by atomic mass is 9.97. The van der Waals surface area contributed by atoms with E-state index < -0.39 is 0 Å². The second kappa shape index (κ2) is 13.8. The molecule has 0 unspecified atom stereocenters. The van der Waals surface area contributed by atoms with E-state index in [9.17, 15) is 0 Å². The second-order valence-electron chi connectivity index (χ2n) is 15.2. The van der Waals surface area contributed by atoms with E-state index in [1.165, 1.54) is 43.7 Å². The standard InChI is InChI=1S/C55H34N4O/c1-2-15-36(16-3-1)53-56-54(58-55(57-53)47-26-13-29-51-52(47)46-24-7-9-28-50(46)60-51)40-20-10-18-37(32-40)38-19-11-21-41(33-38)59-48-27-8-6-23-44(48)45-31-30-39(34-49(45)59)43-25-12-17-35-14-4-5-22-42(35)43/h1-34H. The molecule has 3 heterocycles. The maximum atomic E-state index is 6.26. The number of aromatic nitrogens is 4. The molecule has 0 saturated carbocycles. The molecule has 0 aliphatic rings. The van der Waals surface area contributed by atoms with Crippen LogP contribution in [0.4, 0.5) is 0 Å². The molecule has 0 aliphatic heterocycles. The summed E-state index contributed by atoms with van der Waals surface area (Å²) in [6.07, 6.45) is 0. The topological polar surface area (TPSA) is 56.7 Å². The van der Waals surface area contributed by atoms with Crippen LogP contribution in [0.15, 0.2) is 211 Å². The van der Waals surface area contributed by atoms with Gasteiger partial charge in [0.1, 0.15) is 11.2 Å². The Balaban J connectivity index is 0.996. The van der Waals surface area contributed by atoms with Gasteiger partial charge >= 0.3 is 0 Å². The normalized spacial score (nSPS) is 11.7. The molecule has 0 atom stereocenters. The quantitative estimate of drug-likeness (QED) is 0.169. The lowest BCUT2D eigenvalue weighted by Gasteiger charge is -2.13. The molecule has 12 rings (SSSR count). The molecule has 280 valence electrons. The Labute approximate surface area is 345 Å². The molecule has 12 aromatic rings. The second-order valence-corrected chi connectivity index (χ2v) is 15.2. The summed E-state index contributed by atoms with van der Waals surface area (Å²) in [5, 5.41) is 6.95. The highest BCUT2D eigenvalue weighted by Crippen LogP contribution is 2.39. The smallest absolute Gasteiger partial charge is 0.164 e. The fourth-order valence-corrected chi connectivity index (χ4v) is 8.86. The van der Waals surface area contributed by atoms with Gasteiger partial charge in [0.2, 0.25) is 0 Å². The third-order valence-electron chi connectivity index (χ3n) is 11.6. The highest BCUT2D eigenvalue weighted by atomic mass is 16.3. The van der Waals surface area contributed by atoms with Gasteiger partial charge in [-0.25, -0.2) is 15.0 Å². The van der Waals surface area contributed by atoms with Gasteiger partial charge in [-0.05, 0) is 75.5 Å².